The molecule has 0 heterocycles. The topological polar surface area (TPSA) is 58.6 Å². The van der Waals surface area contributed by atoms with Crippen molar-refractivity contribution in [3.63, 3.8) is 0 Å². The second kappa shape index (κ2) is 11.0. The van der Waals surface area contributed by atoms with Gasteiger partial charge >= 0.3 is 0 Å². The monoisotopic (exact) mass is 464 g/mol. The molecule has 156 valence electrons. The fourth-order valence-corrected chi connectivity index (χ4v) is 3.09. The van der Waals surface area contributed by atoms with E-state index in [4.69, 9.17) is 4.74 Å². The number of nitrogens with one attached hydrogen (secondary N) is 1. The number of nitrogens with zero attached hydrogens (tertiary/aromatic N) is 1. The third kappa shape index (κ3) is 7.16. The maximum Gasteiger partial charge on any atom is 0.261 e. The highest BCUT2D eigenvalue weighted by molar-refractivity contribution is 9.10. The summed E-state index contributed by atoms with van der Waals surface area (Å²) in [5, 5.41) is 2.92. The molecule has 7 heteroatoms. The summed E-state index contributed by atoms with van der Waals surface area (Å²) in [5.74, 6) is -0.542. The van der Waals surface area contributed by atoms with Crippen molar-refractivity contribution >= 4 is 27.7 Å². The van der Waals surface area contributed by atoms with Crippen LogP contribution in [0.1, 0.15) is 32.8 Å². The molecular weight excluding hydrogens is 439 g/mol. The van der Waals surface area contributed by atoms with E-state index in [1.165, 1.54) is 29.2 Å². The van der Waals surface area contributed by atoms with Crippen molar-refractivity contribution in [3.8, 4) is 5.75 Å². The molecular formula is C22H26BrFN2O3. The Morgan fingerprint density at radius 2 is 1.86 bits per heavy atom. The Balaban J connectivity index is 2.14. The van der Waals surface area contributed by atoms with E-state index in [9.17, 15) is 14.0 Å². The van der Waals surface area contributed by atoms with Crippen molar-refractivity contribution in [2.24, 2.45) is 0 Å². The molecule has 2 aromatic carbocycles. The third-order valence-electron chi connectivity index (χ3n) is 4.59. The van der Waals surface area contributed by atoms with Crippen molar-refractivity contribution in [3.05, 3.63) is 64.4 Å². The van der Waals surface area contributed by atoms with Gasteiger partial charge in [-0.25, -0.2) is 4.39 Å². The van der Waals surface area contributed by atoms with Crippen molar-refractivity contribution in [2.45, 2.75) is 45.8 Å². The zero-order valence-electron chi connectivity index (χ0n) is 16.8. The molecule has 0 unspecified atom stereocenters. The lowest BCUT2D eigenvalue weighted by molar-refractivity contribution is -0.142. The van der Waals surface area contributed by atoms with Gasteiger partial charge in [0.15, 0.2) is 6.61 Å². The maximum atomic E-state index is 13.0. The van der Waals surface area contributed by atoms with Gasteiger partial charge in [-0.05, 0) is 62.2 Å². The number of carbonyl (C=O) groups excluding carboxylic acids is 2. The van der Waals surface area contributed by atoms with E-state index in [0.29, 0.717) is 5.75 Å². The first-order valence-electron chi connectivity index (χ1n) is 9.52. The van der Waals surface area contributed by atoms with Gasteiger partial charge in [-0.1, -0.05) is 35.0 Å². The van der Waals surface area contributed by atoms with E-state index in [2.05, 4.69) is 21.2 Å². The van der Waals surface area contributed by atoms with E-state index in [1.807, 2.05) is 38.1 Å². The summed E-state index contributed by atoms with van der Waals surface area (Å²) < 4.78 is 19.4. The van der Waals surface area contributed by atoms with Gasteiger partial charge in [0.25, 0.3) is 5.91 Å². The molecule has 0 aromatic heterocycles. The Labute approximate surface area is 179 Å². The molecule has 0 spiro atoms. The van der Waals surface area contributed by atoms with Crippen LogP contribution in [-0.2, 0) is 16.1 Å². The van der Waals surface area contributed by atoms with Gasteiger partial charge in [-0.15, -0.1) is 0 Å². The summed E-state index contributed by atoms with van der Waals surface area (Å²) in [6.45, 7) is 5.62. The summed E-state index contributed by atoms with van der Waals surface area (Å²) in [6.07, 6.45) is 0.797. The molecule has 0 aliphatic heterocycles. The quantitative estimate of drug-likeness (QED) is 0.601. The van der Waals surface area contributed by atoms with Gasteiger partial charge in [0.1, 0.15) is 17.6 Å². The van der Waals surface area contributed by atoms with Crippen molar-refractivity contribution in [1.82, 2.24) is 10.2 Å². The zero-order valence-corrected chi connectivity index (χ0v) is 18.4. The lowest BCUT2D eigenvalue weighted by Gasteiger charge is -2.29. The van der Waals surface area contributed by atoms with E-state index < -0.39 is 6.04 Å². The first-order chi connectivity index (χ1) is 13.8. The molecule has 2 atom stereocenters. The highest BCUT2D eigenvalue weighted by Crippen LogP contribution is 2.16. The molecule has 2 aromatic rings. The summed E-state index contributed by atoms with van der Waals surface area (Å²) in [6, 6.07) is 12.4. The number of benzene rings is 2. The normalized spacial score (nSPS) is 12.7. The van der Waals surface area contributed by atoms with Gasteiger partial charge in [0, 0.05) is 17.1 Å². The summed E-state index contributed by atoms with van der Waals surface area (Å²) in [4.78, 5) is 27.0. The maximum absolute atomic E-state index is 13.0. The van der Waals surface area contributed by atoms with Crippen LogP contribution >= 0.6 is 15.9 Å². The molecule has 2 rings (SSSR count). The van der Waals surface area contributed by atoms with Crippen LogP contribution in [0.4, 0.5) is 4.39 Å². The Kier molecular flexibility index (Phi) is 8.64. The molecule has 0 fully saturated rings. The molecule has 0 saturated carbocycles. The number of rotatable bonds is 9. The second-order valence-electron chi connectivity index (χ2n) is 6.89. The SMILES string of the molecule is CC[C@@H](C)NC(=O)[C@@H](C)N(Cc1cccc(Br)c1)C(=O)COc1ccc(F)cc1. The Hall–Kier alpha value is -2.41. The number of halogens is 2. The molecule has 0 radical (unpaired) electrons. The van der Waals surface area contributed by atoms with Crippen LogP contribution < -0.4 is 10.1 Å². The van der Waals surface area contributed by atoms with Gasteiger partial charge in [0.2, 0.25) is 5.91 Å². The Morgan fingerprint density at radius 3 is 2.48 bits per heavy atom. The average molecular weight is 465 g/mol. The van der Waals surface area contributed by atoms with E-state index in [1.54, 1.807) is 6.92 Å². The van der Waals surface area contributed by atoms with Crippen molar-refractivity contribution < 1.29 is 18.7 Å². The van der Waals surface area contributed by atoms with Crippen LogP contribution in [0.2, 0.25) is 0 Å². The smallest absolute Gasteiger partial charge is 0.261 e. The summed E-state index contributed by atoms with van der Waals surface area (Å²) >= 11 is 3.43. The minimum Gasteiger partial charge on any atom is -0.484 e. The Morgan fingerprint density at radius 1 is 1.17 bits per heavy atom. The van der Waals surface area contributed by atoms with Gasteiger partial charge in [0.05, 0.1) is 0 Å². The first kappa shape index (κ1) is 22.9. The van der Waals surface area contributed by atoms with Crippen LogP contribution in [0.25, 0.3) is 0 Å². The van der Waals surface area contributed by atoms with Gasteiger partial charge < -0.3 is 15.0 Å². The predicted molar refractivity (Wildman–Crippen MR) is 114 cm³/mol. The molecule has 0 aliphatic rings. The average Bonchev–Trinajstić information content (AvgIpc) is 2.70. The largest absolute Gasteiger partial charge is 0.484 e. The summed E-state index contributed by atoms with van der Waals surface area (Å²) in [7, 11) is 0. The molecule has 1 N–H and O–H groups in total. The number of carbonyl (C=O) groups is 2. The lowest BCUT2D eigenvalue weighted by Crippen LogP contribution is -2.50. The van der Waals surface area contributed by atoms with E-state index >= 15 is 0 Å². The fourth-order valence-electron chi connectivity index (χ4n) is 2.64. The predicted octanol–water partition coefficient (Wildman–Crippen LogP) is 4.30. The standard InChI is InChI=1S/C22H26BrFN2O3/c1-4-15(2)25-22(28)16(3)26(13-17-6-5-7-18(23)12-17)21(27)14-29-20-10-8-19(24)9-11-20/h5-12,15-16H,4,13-14H2,1-3H3,(H,25,28)/t15-,16-/m1/s1. The molecule has 0 saturated heterocycles. The number of hydrogen-bond acceptors (Lipinski definition) is 3. The molecule has 5 nitrogen and oxygen atoms in total. The van der Waals surface area contributed by atoms with Crippen molar-refractivity contribution in [1.29, 1.82) is 0 Å². The highest BCUT2D eigenvalue weighted by Gasteiger charge is 2.27. The van der Waals surface area contributed by atoms with Crippen LogP contribution in [0.3, 0.4) is 0 Å². The molecule has 0 bridgehead atoms. The van der Waals surface area contributed by atoms with Crippen LogP contribution in [-0.4, -0.2) is 35.4 Å². The molecule has 0 aliphatic carbocycles. The number of amides is 2. The minimum absolute atomic E-state index is 0.0169. The fraction of sp³-hybridized carbons (Fsp3) is 0.364. The molecule has 2 amide bonds. The minimum atomic E-state index is -0.674. The highest BCUT2D eigenvalue weighted by atomic mass is 79.9. The third-order valence-corrected chi connectivity index (χ3v) is 5.08. The van der Waals surface area contributed by atoms with Gasteiger partial charge in [-0.3, -0.25) is 9.59 Å². The first-order valence-corrected chi connectivity index (χ1v) is 10.3. The molecule has 29 heavy (non-hydrogen) atoms. The zero-order chi connectivity index (χ0) is 21.4. The second-order valence-corrected chi connectivity index (χ2v) is 7.80. The summed E-state index contributed by atoms with van der Waals surface area (Å²) in [5.41, 5.74) is 0.887. The van der Waals surface area contributed by atoms with Crippen LogP contribution in [0, 0.1) is 5.82 Å². The number of hydrogen-bond donors (Lipinski definition) is 1. The van der Waals surface area contributed by atoms with Crippen LogP contribution in [0.15, 0.2) is 53.0 Å². The van der Waals surface area contributed by atoms with Crippen LogP contribution in [0.5, 0.6) is 5.75 Å². The lowest BCUT2D eigenvalue weighted by atomic mass is 10.1. The van der Waals surface area contributed by atoms with Crippen molar-refractivity contribution in [2.75, 3.05) is 6.61 Å². The van der Waals surface area contributed by atoms with Gasteiger partial charge in [-0.2, -0.15) is 0 Å². The van der Waals surface area contributed by atoms with E-state index in [0.717, 1.165) is 16.5 Å². The Bertz CT molecular complexity index is 829. The number of ether oxygens (including phenoxy) is 1. The van der Waals surface area contributed by atoms with E-state index in [-0.39, 0.29) is 36.8 Å².